The van der Waals surface area contributed by atoms with Crippen molar-refractivity contribution in [3.05, 3.63) is 0 Å². The van der Waals surface area contributed by atoms with Crippen LogP contribution in [0.25, 0.3) is 0 Å². The van der Waals surface area contributed by atoms with Crippen molar-refractivity contribution in [3.8, 4) is 0 Å². The lowest BCUT2D eigenvalue weighted by Crippen LogP contribution is -2.58. The van der Waals surface area contributed by atoms with Gasteiger partial charge in [-0.3, -0.25) is 4.79 Å². The second-order valence-electron chi connectivity index (χ2n) is 5.59. The molecule has 1 rings (SSSR count). The van der Waals surface area contributed by atoms with E-state index < -0.39 is 17.6 Å². The van der Waals surface area contributed by atoms with Gasteiger partial charge in [0.25, 0.3) is 0 Å². The van der Waals surface area contributed by atoms with Crippen LogP contribution in [0.4, 0.5) is 0 Å². The van der Waals surface area contributed by atoms with Crippen molar-refractivity contribution in [1.82, 2.24) is 4.90 Å². The molecular weight excluding hydrogens is 244 g/mol. The van der Waals surface area contributed by atoms with Gasteiger partial charge in [0.15, 0.2) is 0 Å². The smallest absolute Gasteiger partial charge is 0.329 e. The molecular formula is C14H26N2O3. The van der Waals surface area contributed by atoms with Crippen molar-refractivity contribution in [3.63, 3.8) is 0 Å². The normalized spacial score (nSPS) is 26.2. The van der Waals surface area contributed by atoms with Gasteiger partial charge in [-0.25, -0.2) is 4.79 Å². The summed E-state index contributed by atoms with van der Waals surface area (Å²) in [6.45, 7) is 6.37. The summed E-state index contributed by atoms with van der Waals surface area (Å²) in [5.74, 6) is -1.03. The molecule has 0 bridgehead atoms. The number of aliphatic carboxylic acids is 1. The monoisotopic (exact) mass is 270 g/mol. The van der Waals surface area contributed by atoms with Crippen molar-refractivity contribution >= 4 is 11.9 Å². The fourth-order valence-corrected chi connectivity index (χ4v) is 2.88. The van der Waals surface area contributed by atoms with Gasteiger partial charge < -0.3 is 15.7 Å². The quantitative estimate of drug-likeness (QED) is 0.768. The fraction of sp³-hybridized carbons (Fsp3) is 0.857. The summed E-state index contributed by atoms with van der Waals surface area (Å²) in [6.07, 6.45) is 3.34. The van der Waals surface area contributed by atoms with Crippen LogP contribution < -0.4 is 5.73 Å². The van der Waals surface area contributed by atoms with Gasteiger partial charge in [0.2, 0.25) is 5.91 Å². The van der Waals surface area contributed by atoms with Crippen LogP contribution in [0.1, 0.15) is 52.9 Å². The summed E-state index contributed by atoms with van der Waals surface area (Å²) >= 11 is 0. The van der Waals surface area contributed by atoms with Gasteiger partial charge in [-0.05, 0) is 25.2 Å². The maximum Gasteiger partial charge on any atom is 0.329 e. The highest BCUT2D eigenvalue weighted by molar-refractivity contribution is 5.90. The summed E-state index contributed by atoms with van der Waals surface area (Å²) in [5.41, 5.74) is 4.95. The molecule has 5 nitrogen and oxygen atoms in total. The predicted molar refractivity (Wildman–Crippen MR) is 73.7 cm³/mol. The van der Waals surface area contributed by atoms with E-state index in [9.17, 15) is 14.7 Å². The number of nitrogens with zero attached hydrogens (tertiary/aromatic N) is 1. The van der Waals surface area contributed by atoms with E-state index in [4.69, 9.17) is 5.73 Å². The van der Waals surface area contributed by atoms with E-state index >= 15 is 0 Å². The number of likely N-dealkylation sites (tertiary alicyclic amines) is 1. The van der Waals surface area contributed by atoms with Crippen LogP contribution in [-0.2, 0) is 9.59 Å². The largest absolute Gasteiger partial charge is 0.479 e. The van der Waals surface area contributed by atoms with Crippen LogP contribution >= 0.6 is 0 Å². The highest BCUT2D eigenvalue weighted by Crippen LogP contribution is 2.35. The first kappa shape index (κ1) is 16.0. The number of rotatable bonds is 6. The third-order valence-electron chi connectivity index (χ3n) is 4.36. The molecule has 0 aromatic heterocycles. The van der Waals surface area contributed by atoms with Gasteiger partial charge in [-0.15, -0.1) is 0 Å². The van der Waals surface area contributed by atoms with Gasteiger partial charge in [-0.2, -0.15) is 0 Å². The zero-order chi connectivity index (χ0) is 14.6. The van der Waals surface area contributed by atoms with Crippen molar-refractivity contribution in [1.29, 1.82) is 0 Å². The maximum absolute atomic E-state index is 12.5. The van der Waals surface area contributed by atoms with Crippen LogP contribution in [0.2, 0.25) is 0 Å². The van der Waals surface area contributed by atoms with E-state index in [-0.39, 0.29) is 11.8 Å². The summed E-state index contributed by atoms with van der Waals surface area (Å²) in [7, 11) is 0. The number of carboxylic acid groups (broad SMARTS) is 1. The zero-order valence-electron chi connectivity index (χ0n) is 12.2. The molecule has 1 unspecified atom stereocenters. The Morgan fingerprint density at radius 1 is 1.42 bits per heavy atom. The van der Waals surface area contributed by atoms with Crippen molar-refractivity contribution in [2.75, 3.05) is 6.54 Å². The average Bonchev–Trinajstić information content (AvgIpc) is 2.81. The molecule has 0 radical (unpaired) electrons. The molecule has 1 amide bonds. The van der Waals surface area contributed by atoms with Gasteiger partial charge in [-0.1, -0.05) is 33.6 Å². The van der Waals surface area contributed by atoms with Crippen LogP contribution in [0.3, 0.4) is 0 Å². The molecule has 110 valence electrons. The van der Waals surface area contributed by atoms with Crippen LogP contribution in [0.5, 0.6) is 0 Å². The lowest BCUT2D eigenvalue weighted by molar-refractivity contribution is -0.158. The summed E-state index contributed by atoms with van der Waals surface area (Å²) in [5, 5.41) is 9.56. The number of hydrogen-bond acceptors (Lipinski definition) is 3. The number of nitrogens with two attached hydrogens (primary N) is 1. The first-order valence-electron chi connectivity index (χ1n) is 7.21. The van der Waals surface area contributed by atoms with Gasteiger partial charge in [0.05, 0.1) is 6.04 Å². The zero-order valence-corrected chi connectivity index (χ0v) is 12.2. The maximum atomic E-state index is 12.5. The number of hydrogen-bond donors (Lipinski definition) is 2. The minimum Gasteiger partial charge on any atom is -0.479 e. The molecule has 1 fully saturated rings. The SMILES string of the molecule is CCCC1(C(=O)O)CCCN1C(=O)[C@@H](N)[C@@H](C)CC. The number of carbonyl (C=O) groups is 2. The second kappa shape index (κ2) is 6.37. The Bertz CT molecular complexity index is 346. The summed E-state index contributed by atoms with van der Waals surface area (Å²) in [6, 6.07) is -0.598. The second-order valence-corrected chi connectivity index (χ2v) is 5.59. The third kappa shape index (κ3) is 2.91. The van der Waals surface area contributed by atoms with Gasteiger partial charge in [0.1, 0.15) is 5.54 Å². The number of carboxylic acids is 1. The first-order chi connectivity index (χ1) is 8.90. The molecule has 0 saturated carbocycles. The lowest BCUT2D eigenvalue weighted by Gasteiger charge is -2.37. The standard InChI is InChI=1S/C14H26N2O3/c1-4-7-14(13(18)19)8-6-9-16(14)12(17)11(15)10(3)5-2/h10-11H,4-9,15H2,1-3H3,(H,18,19)/t10-,11-,14?/m0/s1. The Hall–Kier alpha value is -1.10. The van der Waals surface area contributed by atoms with Crippen LogP contribution in [-0.4, -0.2) is 40.0 Å². The Balaban J connectivity index is 2.96. The van der Waals surface area contributed by atoms with Crippen LogP contribution in [0.15, 0.2) is 0 Å². The van der Waals surface area contributed by atoms with E-state index in [1.54, 1.807) is 0 Å². The van der Waals surface area contributed by atoms with E-state index in [2.05, 4.69) is 0 Å². The predicted octanol–water partition coefficient (Wildman–Crippen LogP) is 1.61. The number of carbonyl (C=O) groups excluding carboxylic acids is 1. The minimum atomic E-state index is -1.03. The lowest BCUT2D eigenvalue weighted by atomic mass is 9.89. The third-order valence-corrected chi connectivity index (χ3v) is 4.36. The topological polar surface area (TPSA) is 83.6 Å². The average molecular weight is 270 g/mol. The molecule has 1 saturated heterocycles. The molecule has 0 aliphatic carbocycles. The molecule has 0 aromatic rings. The molecule has 1 aliphatic rings. The summed E-state index contributed by atoms with van der Waals surface area (Å²) in [4.78, 5) is 25.7. The van der Waals surface area contributed by atoms with Crippen molar-refractivity contribution in [2.24, 2.45) is 11.7 Å². The highest BCUT2D eigenvalue weighted by atomic mass is 16.4. The Morgan fingerprint density at radius 2 is 2.05 bits per heavy atom. The highest BCUT2D eigenvalue weighted by Gasteiger charge is 2.50. The van der Waals surface area contributed by atoms with E-state index in [1.165, 1.54) is 4.90 Å². The summed E-state index contributed by atoms with van der Waals surface area (Å²) < 4.78 is 0. The number of amides is 1. The van der Waals surface area contributed by atoms with Crippen molar-refractivity contribution < 1.29 is 14.7 Å². The van der Waals surface area contributed by atoms with Crippen LogP contribution in [0, 0.1) is 5.92 Å². The molecule has 0 spiro atoms. The van der Waals surface area contributed by atoms with Gasteiger partial charge >= 0.3 is 5.97 Å². The Labute approximate surface area is 115 Å². The Morgan fingerprint density at radius 3 is 2.53 bits per heavy atom. The van der Waals surface area contributed by atoms with E-state index in [1.807, 2.05) is 20.8 Å². The molecule has 3 atom stereocenters. The molecule has 19 heavy (non-hydrogen) atoms. The first-order valence-corrected chi connectivity index (χ1v) is 7.21. The van der Waals surface area contributed by atoms with E-state index in [0.717, 1.165) is 19.3 Å². The molecule has 1 heterocycles. The fourth-order valence-electron chi connectivity index (χ4n) is 2.88. The molecule has 5 heteroatoms. The minimum absolute atomic E-state index is 0.0706. The molecule has 3 N–H and O–H groups in total. The molecule has 1 aliphatic heterocycles. The Kier molecular flexibility index (Phi) is 5.35. The molecule has 0 aromatic carbocycles. The van der Waals surface area contributed by atoms with Crippen molar-refractivity contribution in [2.45, 2.75) is 64.5 Å². The van der Waals surface area contributed by atoms with Gasteiger partial charge in [0, 0.05) is 6.54 Å². The van der Waals surface area contributed by atoms with E-state index in [0.29, 0.717) is 19.4 Å².